The van der Waals surface area contributed by atoms with Crippen LogP contribution in [0.5, 0.6) is 17.2 Å². The molecule has 3 aromatic carbocycles. The lowest BCUT2D eigenvalue weighted by atomic mass is 10.2. The summed E-state index contributed by atoms with van der Waals surface area (Å²) in [5.74, 6) is -0.488. The molecule has 0 heterocycles. The van der Waals surface area contributed by atoms with Gasteiger partial charge in [0.15, 0.2) is 6.10 Å². The predicted octanol–water partition coefficient (Wildman–Crippen LogP) is 4.63. The molecule has 12 heteroatoms. The van der Waals surface area contributed by atoms with Crippen LogP contribution < -0.4 is 20.3 Å². The van der Waals surface area contributed by atoms with E-state index in [-0.39, 0.29) is 17.0 Å². The van der Waals surface area contributed by atoms with Crippen LogP contribution >= 0.6 is 0 Å². The molecule has 1 atom stereocenters. The zero-order valence-corrected chi connectivity index (χ0v) is 18.0. The zero-order chi connectivity index (χ0) is 25.6. The number of halogens is 3. The lowest BCUT2D eigenvalue weighted by molar-refractivity contribution is -0.384. The fourth-order valence-corrected chi connectivity index (χ4v) is 2.72. The quantitative estimate of drug-likeness (QED) is 0.369. The van der Waals surface area contributed by atoms with Gasteiger partial charge in [0, 0.05) is 17.7 Å². The number of non-ortho nitro benzene ring substituents is 1. The second-order valence-electron chi connectivity index (χ2n) is 7.10. The van der Waals surface area contributed by atoms with Crippen molar-refractivity contribution in [3.63, 3.8) is 0 Å². The fraction of sp³-hybridized carbons (Fsp3) is 0.130. The number of amides is 2. The first-order valence-corrected chi connectivity index (χ1v) is 9.99. The summed E-state index contributed by atoms with van der Waals surface area (Å²) in [5.41, 5.74) is 3.52. The number of rotatable bonds is 7. The number of carbonyl (C=O) groups excluding carboxylic acids is 2. The number of nitrogens with zero attached hydrogens (tertiary/aromatic N) is 1. The summed E-state index contributed by atoms with van der Waals surface area (Å²) in [6, 6.07) is 15.0. The Balaban J connectivity index is 1.49. The number of nitro benzene ring substituents is 1. The second kappa shape index (κ2) is 10.5. The van der Waals surface area contributed by atoms with Crippen molar-refractivity contribution >= 4 is 17.5 Å². The summed E-state index contributed by atoms with van der Waals surface area (Å²) >= 11 is 0. The normalized spacial score (nSPS) is 11.8. The van der Waals surface area contributed by atoms with Gasteiger partial charge in [-0.2, -0.15) is 13.2 Å². The summed E-state index contributed by atoms with van der Waals surface area (Å²) < 4.78 is 48.9. The first kappa shape index (κ1) is 25.0. The maximum atomic E-state index is 12.6. The van der Waals surface area contributed by atoms with Gasteiger partial charge in [-0.15, -0.1) is 0 Å². The van der Waals surface area contributed by atoms with E-state index in [1.54, 1.807) is 0 Å². The molecular formula is C23H18F3N3O6. The molecule has 0 aromatic heterocycles. The Morgan fingerprint density at radius 1 is 0.857 bits per heavy atom. The van der Waals surface area contributed by atoms with Gasteiger partial charge < -0.3 is 9.47 Å². The molecule has 2 amide bonds. The molecule has 2 N–H and O–H groups in total. The van der Waals surface area contributed by atoms with E-state index < -0.39 is 34.6 Å². The summed E-state index contributed by atoms with van der Waals surface area (Å²) in [5, 5.41) is 10.7. The Labute approximate surface area is 196 Å². The molecule has 0 spiro atoms. The van der Waals surface area contributed by atoms with Gasteiger partial charge in [0.1, 0.15) is 17.2 Å². The van der Waals surface area contributed by atoms with Crippen LogP contribution in [0.2, 0.25) is 0 Å². The molecule has 0 bridgehead atoms. The largest absolute Gasteiger partial charge is 0.481 e. The molecule has 0 aliphatic carbocycles. The van der Waals surface area contributed by atoms with Gasteiger partial charge >= 0.3 is 6.18 Å². The minimum atomic E-state index is -4.44. The van der Waals surface area contributed by atoms with E-state index >= 15 is 0 Å². The summed E-state index contributed by atoms with van der Waals surface area (Å²) in [6.07, 6.45) is -5.44. The number of nitrogens with one attached hydrogen (secondary N) is 2. The van der Waals surface area contributed by atoms with Crippen LogP contribution in [0.4, 0.5) is 18.9 Å². The minimum Gasteiger partial charge on any atom is -0.481 e. The topological polar surface area (TPSA) is 120 Å². The smallest absolute Gasteiger partial charge is 0.416 e. The van der Waals surface area contributed by atoms with Crippen LogP contribution in [0, 0.1) is 10.1 Å². The molecule has 0 saturated heterocycles. The van der Waals surface area contributed by atoms with Crippen molar-refractivity contribution < 1.29 is 37.2 Å². The highest BCUT2D eigenvalue weighted by molar-refractivity contribution is 5.95. The SMILES string of the molecule is C[C@@H](Oc1ccc(Oc2ccc(C(F)(F)F)cc2)cc1)C(=O)NNC(=O)c1ccc([N+](=O)[O-])cc1. The van der Waals surface area contributed by atoms with E-state index in [2.05, 4.69) is 10.9 Å². The maximum Gasteiger partial charge on any atom is 0.416 e. The molecule has 35 heavy (non-hydrogen) atoms. The van der Waals surface area contributed by atoms with Crippen molar-refractivity contribution in [3.05, 3.63) is 94.0 Å². The van der Waals surface area contributed by atoms with Crippen LogP contribution in [-0.4, -0.2) is 22.8 Å². The number of benzene rings is 3. The van der Waals surface area contributed by atoms with Crippen molar-refractivity contribution in [1.82, 2.24) is 10.9 Å². The molecule has 0 saturated carbocycles. The summed E-state index contributed by atoms with van der Waals surface area (Å²) in [4.78, 5) is 34.3. The lowest BCUT2D eigenvalue weighted by Gasteiger charge is -2.15. The Hall–Kier alpha value is -4.61. The Morgan fingerprint density at radius 2 is 1.37 bits per heavy atom. The molecule has 0 fully saturated rings. The third-order valence-electron chi connectivity index (χ3n) is 4.56. The molecule has 3 rings (SSSR count). The van der Waals surface area contributed by atoms with Crippen molar-refractivity contribution in [1.29, 1.82) is 0 Å². The third-order valence-corrected chi connectivity index (χ3v) is 4.56. The highest BCUT2D eigenvalue weighted by Gasteiger charge is 2.30. The highest BCUT2D eigenvalue weighted by Crippen LogP contribution is 2.31. The molecule has 9 nitrogen and oxygen atoms in total. The van der Waals surface area contributed by atoms with Gasteiger partial charge in [0.2, 0.25) is 0 Å². The number of hydrogen-bond donors (Lipinski definition) is 2. The predicted molar refractivity (Wildman–Crippen MR) is 117 cm³/mol. The van der Waals surface area contributed by atoms with Crippen molar-refractivity contribution in [2.75, 3.05) is 0 Å². The standard InChI is InChI=1S/C23H18F3N3O6/c1-14(21(30)27-28-22(31)15-2-6-17(7-3-15)29(32)33)34-18-10-12-20(13-11-18)35-19-8-4-16(5-9-19)23(24,25)26/h2-14H,1H3,(H,27,30)(H,28,31)/t14-/m1/s1. The van der Waals surface area contributed by atoms with Crippen molar-refractivity contribution in [2.45, 2.75) is 19.2 Å². The average molecular weight is 489 g/mol. The molecular weight excluding hydrogens is 471 g/mol. The van der Waals surface area contributed by atoms with Gasteiger partial charge in [-0.3, -0.25) is 30.6 Å². The molecule has 0 aliphatic heterocycles. The first-order valence-electron chi connectivity index (χ1n) is 9.99. The van der Waals surface area contributed by atoms with Crippen LogP contribution in [0.25, 0.3) is 0 Å². The highest BCUT2D eigenvalue weighted by atomic mass is 19.4. The van der Waals surface area contributed by atoms with E-state index in [0.29, 0.717) is 11.5 Å². The van der Waals surface area contributed by atoms with Crippen LogP contribution in [-0.2, 0) is 11.0 Å². The Bertz CT molecular complexity index is 1200. The van der Waals surface area contributed by atoms with Crippen molar-refractivity contribution in [3.8, 4) is 17.2 Å². The zero-order valence-electron chi connectivity index (χ0n) is 18.0. The van der Waals surface area contributed by atoms with Gasteiger partial charge in [-0.25, -0.2) is 0 Å². The molecule has 0 radical (unpaired) electrons. The fourth-order valence-electron chi connectivity index (χ4n) is 2.72. The van der Waals surface area contributed by atoms with Crippen LogP contribution in [0.3, 0.4) is 0 Å². The van der Waals surface area contributed by atoms with E-state index in [1.807, 2.05) is 0 Å². The Morgan fingerprint density at radius 3 is 1.89 bits per heavy atom. The molecule has 182 valence electrons. The molecule has 3 aromatic rings. The molecule has 0 aliphatic rings. The number of alkyl halides is 3. The van der Waals surface area contributed by atoms with Crippen LogP contribution in [0.1, 0.15) is 22.8 Å². The number of carbonyl (C=O) groups is 2. The van der Waals surface area contributed by atoms with Gasteiger partial charge in [0.25, 0.3) is 17.5 Å². The van der Waals surface area contributed by atoms with E-state index in [0.717, 1.165) is 24.3 Å². The molecule has 0 unspecified atom stereocenters. The minimum absolute atomic E-state index is 0.105. The number of nitro groups is 1. The van der Waals surface area contributed by atoms with E-state index in [4.69, 9.17) is 9.47 Å². The number of hydrogen-bond acceptors (Lipinski definition) is 6. The number of ether oxygens (including phenoxy) is 2. The van der Waals surface area contributed by atoms with E-state index in [9.17, 15) is 32.9 Å². The maximum absolute atomic E-state index is 12.6. The monoisotopic (exact) mass is 489 g/mol. The first-order chi connectivity index (χ1) is 16.5. The van der Waals surface area contributed by atoms with Gasteiger partial charge in [0.05, 0.1) is 10.5 Å². The van der Waals surface area contributed by atoms with Gasteiger partial charge in [-0.1, -0.05) is 0 Å². The average Bonchev–Trinajstić information content (AvgIpc) is 2.83. The third kappa shape index (κ3) is 6.93. The summed E-state index contributed by atoms with van der Waals surface area (Å²) in [7, 11) is 0. The summed E-state index contributed by atoms with van der Waals surface area (Å²) in [6.45, 7) is 1.44. The Kier molecular flexibility index (Phi) is 7.54. The van der Waals surface area contributed by atoms with E-state index in [1.165, 1.54) is 55.5 Å². The second-order valence-corrected chi connectivity index (χ2v) is 7.10. The van der Waals surface area contributed by atoms with Gasteiger partial charge in [-0.05, 0) is 67.6 Å². The van der Waals surface area contributed by atoms with Crippen LogP contribution in [0.15, 0.2) is 72.8 Å². The van der Waals surface area contributed by atoms with Crippen molar-refractivity contribution in [2.24, 2.45) is 0 Å². The lowest BCUT2D eigenvalue weighted by Crippen LogP contribution is -2.47. The number of hydrazine groups is 1.